The molecule has 0 N–H and O–H groups in total. The maximum absolute atomic E-state index is 12.1. The van der Waals surface area contributed by atoms with Crippen LogP contribution < -0.4 is 0 Å². The zero-order valence-electron chi connectivity index (χ0n) is 11.4. The average Bonchev–Trinajstić information content (AvgIpc) is 3.03. The van der Waals surface area contributed by atoms with E-state index in [4.69, 9.17) is 4.74 Å². The van der Waals surface area contributed by atoms with Gasteiger partial charge in [-0.1, -0.05) is 30.0 Å². The van der Waals surface area contributed by atoms with Crippen LogP contribution in [-0.4, -0.2) is 63.1 Å². The first-order valence-corrected chi connectivity index (χ1v) is 7.65. The van der Waals surface area contributed by atoms with Crippen LogP contribution in [0.1, 0.15) is 0 Å². The smallest absolute Gasteiger partial charge is 0.233 e. The second-order valence-electron chi connectivity index (χ2n) is 4.49. The maximum Gasteiger partial charge on any atom is 0.233 e. The van der Waals surface area contributed by atoms with Gasteiger partial charge < -0.3 is 9.64 Å². The van der Waals surface area contributed by atoms with E-state index in [-0.39, 0.29) is 5.91 Å². The number of hydrogen-bond donors (Lipinski definition) is 0. The first kappa shape index (κ1) is 14.0. The topological polar surface area (TPSA) is 73.1 Å². The Kier molecular flexibility index (Phi) is 4.46. The molecule has 1 aromatic heterocycles. The molecular formula is C13H15N5O2S. The van der Waals surface area contributed by atoms with Crippen LogP contribution in [0.2, 0.25) is 0 Å². The molecule has 110 valence electrons. The van der Waals surface area contributed by atoms with E-state index in [1.807, 2.05) is 35.2 Å². The van der Waals surface area contributed by atoms with Gasteiger partial charge in [0.25, 0.3) is 0 Å². The number of ether oxygens (including phenoxy) is 1. The summed E-state index contributed by atoms with van der Waals surface area (Å²) in [4.78, 5) is 13.9. The highest BCUT2D eigenvalue weighted by atomic mass is 32.2. The molecule has 0 aliphatic carbocycles. The number of carbonyl (C=O) groups excluding carboxylic acids is 1. The Bertz CT molecular complexity index is 598. The largest absolute Gasteiger partial charge is 0.378 e. The number of para-hydroxylation sites is 1. The first-order valence-electron chi connectivity index (χ1n) is 6.67. The lowest BCUT2D eigenvalue weighted by atomic mass is 10.3. The molecule has 21 heavy (non-hydrogen) atoms. The standard InChI is InChI=1S/C13H15N5O2S/c19-12(17-6-8-20-9-7-17)10-21-13-14-15-16-18(13)11-4-2-1-3-5-11/h1-5H,6-10H2. The molecule has 1 saturated heterocycles. The van der Waals surface area contributed by atoms with Crippen molar-refractivity contribution in [3.05, 3.63) is 30.3 Å². The molecule has 1 aliphatic rings. The summed E-state index contributed by atoms with van der Waals surface area (Å²) in [5.74, 6) is 0.415. The molecular weight excluding hydrogens is 290 g/mol. The molecule has 0 radical (unpaired) electrons. The van der Waals surface area contributed by atoms with Crippen LogP contribution in [0.25, 0.3) is 5.69 Å². The molecule has 0 bridgehead atoms. The van der Waals surface area contributed by atoms with Gasteiger partial charge in [0, 0.05) is 13.1 Å². The summed E-state index contributed by atoms with van der Waals surface area (Å²) in [6, 6.07) is 9.62. The third-order valence-corrected chi connectivity index (χ3v) is 4.03. The van der Waals surface area contributed by atoms with Crippen LogP contribution >= 0.6 is 11.8 Å². The molecule has 1 amide bonds. The molecule has 0 unspecified atom stereocenters. The van der Waals surface area contributed by atoms with Crippen LogP contribution in [-0.2, 0) is 9.53 Å². The van der Waals surface area contributed by atoms with Crippen molar-refractivity contribution in [2.75, 3.05) is 32.1 Å². The van der Waals surface area contributed by atoms with Gasteiger partial charge in [-0.15, -0.1) is 5.10 Å². The number of carbonyl (C=O) groups is 1. The lowest BCUT2D eigenvalue weighted by Gasteiger charge is -2.26. The molecule has 8 heteroatoms. The predicted octanol–water partition coefficient (Wildman–Crippen LogP) is 0.613. The van der Waals surface area contributed by atoms with Crippen molar-refractivity contribution < 1.29 is 9.53 Å². The zero-order chi connectivity index (χ0) is 14.5. The second-order valence-corrected chi connectivity index (χ2v) is 5.43. The SMILES string of the molecule is O=C(CSc1nnnn1-c1ccccc1)N1CCOCC1. The van der Waals surface area contributed by atoms with Gasteiger partial charge in [0.1, 0.15) is 0 Å². The monoisotopic (exact) mass is 305 g/mol. The van der Waals surface area contributed by atoms with Crippen LogP contribution in [0.4, 0.5) is 0 Å². The number of rotatable bonds is 4. The third kappa shape index (κ3) is 3.40. The van der Waals surface area contributed by atoms with Gasteiger partial charge in [0.05, 0.1) is 24.7 Å². The van der Waals surface area contributed by atoms with Gasteiger partial charge >= 0.3 is 0 Å². The zero-order valence-corrected chi connectivity index (χ0v) is 12.2. The molecule has 1 fully saturated rings. The second kappa shape index (κ2) is 6.68. The lowest BCUT2D eigenvalue weighted by Crippen LogP contribution is -2.41. The van der Waals surface area contributed by atoms with E-state index in [0.29, 0.717) is 37.2 Å². The molecule has 0 saturated carbocycles. The maximum atomic E-state index is 12.1. The molecule has 3 rings (SSSR count). The average molecular weight is 305 g/mol. The van der Waals surface area contributed by atoms with Gasteiger partial charge in [-0.25, -0.2) is 0 Å². The minimum atomic E-state index is 0.0888. The van der Waals surface area contributed by atoms with Gasteiger partial charge in [-0.3, -0.25) is 4.79 Å². The van der Waals surface area contributed by atoms with Crippen molar-refractivity contribution >= 4 is 17.7 Å². The quantitative estimate of drug-likeness (QED) is 0.771. The van der Waals surface area contributed by atoms with E-state index >= 15 is 0 Å². The normalized spacial score (nSPS) is 15.1. The van der Waals surface area contributed by atoms with Crippen LogP contribution in [0.15, 0.2) is 35.5 Å². The van der Waals surface area contributed by atoms with Crippen molar-refractivity contribution in [3.8, 4) is 5.69 Å². The fraction of sp³-hybridized carbons (Fsp3) is 0.385. The van der Waals surface area contributed by atoms with Crippen LogP contribution in [0.3, 0.4) is 0 Å². The molecule has 2 aromatic rings. The lowest BCUT2D eigenvalue weighted by molar-refractivity contribution is -0.132. The van der Waals surface area contributed by atoms with Gasteiger partial charge in [-0.05, 0) is 22.6 Å². The third-order valence-electron chi connectivity index (χ3n) is 3.13. The van der Waals surface area contributed by atoms with Gasteiger partial charge in [0.15, 0.2) is 0 Å². The Balaban J connectivity index is 1.63. The Morgan fingerprint density at radius 1 is 1.24 bits per heavy atom. The van der Waals surface area contributed by atoms with Crippen molar-refractivity contribution in [2.45, 2.75) is 5.16 Å². The molecule has 1 aromatic carbocycles. The van der Waals surface area contributed by atoms with E-state index in [2.05, 4.69) is 15.5 Å². The minimum Gasteiger partial charge on any atom is -0.378 e. The summed E-state index contributed by atoms with van der Waals surface area (Å²) in [6.07, 6.45) is 0. The van der Waals surface area contributed by atoms with Crippen molar-refractivity contribution in [1.82, 2.24) is 25.1 Å². The van der Waals surface area contributed by atoms with E-state index in [0.717, 1.165) is 5.69 Å². The number of thioether (sulfide) groups is 1. The number of benzene rings is 1. The highest BCUT2D eigenvalue weighted by molar-refractivity contribution is 7.99. The van der Waals surface area contributed by atoms with E-state index in [9.17, 15) is 4.79 Å². The highest BCUT2D eigenvalue weighted by Crippen LogP contribution is 2.18. The summed E-state index contributed by atoms with van der Waals surface area (Å²) in [7, 11) is 0. The highest BCUT2D eigenvalue weighted by Gasteiger charge is 2.18. The summed E-state index contributed by atoms with van der Waals surface area (Å²) in [6.45, 7) is 2.53. The van der Waals surface area contributed by atoms with Gasteiger partial charge in [-0.2, -0.15) is 4.68 Å². The molecule has 0 spiro atoms. The van der Waals surface area contributed by atoms with Crippen molar-refractivity contribution in [1.29, 1.82) is 0 Å². The Labute approximate surface area is 126 Å². The predicted molar refractivity (Wildman–Crippen MR) is 77.3 cm³/mol. The molecule has 0 atom stereocenters. The Hall–Kier alpha value is -1.93. The van der Waals surface area contributed by atoms with Crippen molar-refractivity contribution in [2.24, 2.45) is 0 Å². The number of morpholine rings is 1. The van der Waals surface area contributed by atoms with E-state index in [1.165, 1.54) is 11.8 Å². The summed E-state index contributed by atoms with van der Waals surface area (Å²) >= 11 is 1.35. The first-order chi connectivity index (χ1) is 10.3. The summed E-state index contributed by atoms with van der Waals surface area (Å²) in [5.41, 5.74) is 0.879. The van der Waals surface area contributed by atoms with Crippen LogP contribution in [0, 0.1) is 0 Å². The number of amides is 1. The fourth-order valence-electron chi connectivity index (χ4n) is 2.03. The summed E-state index contributed by atoms with van der Waals surface area (Å²) < 4.78 is 6.88. The molecule has 1 aliphatic heterocycles. The molecule has 2 heterocycles. The van der Waals surface area contributed by atoms with Gasteiger partial charge in [0.2, 0.25) is 11.1 Å². The number of nitrogens with zero attached hydrogens (tertiary/aromatic N) is 5. The van der Waals surface area contributed by atoms with E-state index in [1.54, 1.807) is 4.68 Å². The number of hydrogen-bond acceptors (Lipinski definition) is 6. The van der Waals surface area contributed by atoms with E-state index < -0.39 is 0 Å². The van der Waals surface area contributed by atoms with Crippen LogP contribution in [0.5, 0.6) is 0 Å². The number of aromatic nitrogens is 4. The van der Waals surface area contributed by atoms with Crippen molar-refractivity contribution in [3.63, 3.8) is 0 Å². The number of tetrazole rings is 1. The minimum absolute atomic E-state index is 0.0888. The summed E-state index contributed by atoms with van der Waals surface area (Å²) in [5, 5.41) is 12.2. The Morgan fingerprint density at radius 2 is 2.00 bits per heavy atom. The molecule has 7 nitrogen and oxygen atoms in total. The Morgan fingerprint density at radius 3 is 2.76 bits per heavy atom. The fourth-order valence-corrected chi connectivity index (χ4v) is 2.82.